The van der Waals surface area contributed by atoms with Crippen LogP contribution in [0, 0.1) is 0 Å². The molecule has 6 nitrogen and oxygen atoms in total. The molecule has 0 unspecified atom stereocenters. The van der Waals surface area contributed by atoms with Crippen molar-refractivity contribution in [2.75, 3.05) is 13.7 Å². The predicted molar refractivity (Wildman–Crippen MR) is 113 cm³/mol. The fourth-order valence-corrected chi connectivity index (χ4v) is 4.07. The maximum atomic E-state index is 12.8. The number of fused-ring (bicyclic) bond motifs is 1. The summed E-state index contributed by atoms with van der Waals surface area (Å²) in [6, 6.07) is 13.0. The average molecular weight is 413 g/mol. The number of aromatic nitrogens is 1. The van der Waals surface area contributed by atoms with Gasteiger partial charge < -0.3 is 14.0 Å². The minimum Gasteiger partial charge on any atom is -0.496 e. The third-order valence-corrected chi connectivity index (χ3v) is 5.54. The minimum absolute atomic E-state index is 0.00704. The third kappa shape index (κ3) is 4.56. The molecule has 0 atom stereocenters. The summed E-state index contributed by atoms with van der Waals surface area (Å²) >= 11 is 1.38. The molecule has 0 saturated carbocycles. The largest absolute Gasteiger partial charge is 0.496 e. The van der Waals surface area contributed by atoms with Gasteiger partial charge in [-0.3, -0.25) is 9.59 Å². The molecular weight excluding hydrogens is 388 g/mol. The highest BCUT2D eigenvalue weighted by atomic mass is 32.1. The van der Waals surface area contributed by atoms with Crippen LogP contribution in [0.2, 0.25) is 0 Å². The van der Waals surface area contributed by atoms with Crippen LogP contribution in [0.5, 0.6) is 5.75 Å². The van der Waals surface area contributed by atoms with Gasteiger partial charge in [0.1, 0.15) is 12.3 Å². The lowest BCUT2D eigenvalue weighted by Gasteiger charge is -2.07. The average Bonchev–Trinajstić information content (AvgIpc) is 3.04. The first kappa shape index (κ1) is 20.8. The second-order valence-electron chi connectivity index (χ2n) is 6.77. The molecule has 3 aromatic rings. The van der Waals surface area contributed by atoms with Crippen LogP contribution >= 0.6 is 11.3 Å². The Morgan fingerprint density at radius 1 is 1.17 bits per heavy atom. The number of carbonyl (C=O) groups excluding carboxylic acids is 2. The molecule has 1 amide bonds. The van der Waals surface area contributed by atoms with Crippen molar-refractivity contribution >= 4 is 33.4 Å². The van der Waals surface area contributed by atoms with E-state index in [1.54, 1.807) is 35.8 Å². The predicted octanol–water partition coefficient (Wildman–Crippen LogP) is 4.14. The highest BCUT2D eigenvalue weighted by Gasteiger charge is 2.15. The zero-order valence-electron chi connectivity index (χ0n) is 17.0. The maximum Gasteiger partial charge on any atom is 0.326 e. The molecule has 0 spiro atoms. The highest BCUT2D eigenvalue weighted by Crippen LogP contribution is 2.24. The van der Waals surface area contributed by atoms with E-state index in [4.69, 9.17) is 9.47 Å². The Hall–Kier alpha value is -2.93. The van der Waals surface area contributed by atoms with E-state index in [9.17, 15) is 9.59 Å². The fourth-order valence-electron chi connectivity index (χ4n) is 2.99. The molecule has 0 saturated heterocycles. The molecule has 2 aromatic carbocycles. The molecule has 1 heterocycles. The first-order chi connectivity index (χ1) is 13.9. The topological polar surface area (TPSA) is 69.9 Å². The van der Waals surface area contributed by atoms with Crippen LogP contribution in [0.4, 0.5) is 0 Å². The summed E-state index contributed by atoms with van der Waals surface area (Å²) in [5, 5.41) is 0. The Morgan fingerprint density at radius 2 is 1.93 bits per heavy atom. The van der Waals surface area contributed by atoms with E-state index in [2.05, 4.69) is 24.9 Å². The number of ether oxygens (including phenoxy) is 2. The molecule has 0 aliphatic heterocycles. The summed E-state index contributed by atoms with van der Waals surface area (Å²) in [5.74, 6) is 0.0408. The number of hydrogen-bond donors (Lipinski definition) is 0. The van der Waals surface area contributed by atoms with Crippen molar-refractivity contribution in [3.63, 3.8) is 0 Å². The van der Waals surface area contributed by atoms with Crippen LogP contribution in [0.3, 0.4) is 0 Å². The Morgan fingerprint density at radius 3 is 2.62 bits per heavy atom. The fraction of sp³-hybridized carbons (Fsp3) is 0.318. The second-order valence-corrected chi connectivity index (χ2v) is 7.78. The number of para-hydroxylation sites is 1. The van der Waals surface area contributed by atoms with Gasteiger partial charge in [0.25, 0.3) is 5.91 Å². The summed E-state index contributed by atoms with van der Waals surface area (Å²) in [4.78, 5) is 29.8. The summed E-state index contributed by atoms with van der Waals surface area (Å²) in [6.07, 6.45) is 0. The molecule has 0 bridgehead atoms. The van der Waals surface area contributed by atoms with E-state index in [-0.39, 0.29) is 12.5 Å². The van der Waals surface area contributed by atoms with Gasteiger partial charge in [0.15, 0.2) is 4.80 Å². The number of methoxy groups -OCH3 is 1. The van der Waals surface area contributed by atoms with Gasteiger partial charge in [0.2, 0.25) is 0 Å². The quantitative estimate of drug-likeness (QED) is 0.571. The van der Waals surface area contributed by atoms with Crippen molar-refractivity contribution in [2.45, 2.75) is 33.2 Å². The Labute approximate surface area is 173 Å². The monoisotopic (exact) mass is 412 g/mol. The standard InChI is InChI=1S/C22H24N2O4S/c1-5-28-20(25)13-24-17-11-10-15(14(2)3)12-19(17)29-22(24)23-21(26)16-8-6-7-9-18(16)27-4/h6-12,14H,5,13H2,1-4H3. The highest BCUT2D eigenvalue weighted by molar-refractivity contribution is 7.16. The van der Waals surface area contributed by atoms with E-state index in [1.165, 1.54) is 24.0 Å². The Bertz CT molecular complexity index is 1110. The molecule has 3 rings (SSSR count). The van der Waals surface area contributed by atoms with E-state index >= 15 is 0 Å². The number of nitrogens with zero attached hydrogens (tertiary/aromatic N) is 2. The summed E-state index contributed by atoms with van der Waals surface area (Å²) < 4.78 is 13.1. The van der Waals surface area contributed by atoms with Crippen molar-refractivity contribution in [3.05, 3.63) is 58.4 Å². The molecule has 0 aliphatic carbocycles. The van der Waals surface area contributed by atoms with Crippen LogP contribution < -0.4 is 9.54 Å². The normalized spacial score (nSPS) is 11.8. The molecular formula is C22H24N2O4S. The van der Waals surface area contributed by atoms with E-state index in [1.807, 2.05) is 12.1 Å². The molecule has 29 heavy (non-hydrogen) atoms. The van der Waals surface area contributed by atoms with Gasteiger partial charge >= 0.3 is 5.97 Å². The van der Waals surface area contributed by atoms with Gasteiger partial charge in [0.05, 0.1) is 29.5 Å². The second kappa shape index (κ2) is 9.05. The van der Waals surface area contributed by atoms with Gasteiger partial charge in [-0.15, -0.1) is 0 Å². The summed E-state index contributed by atoms with van der Waals surface area (Å²) in [7, 11) is 1.51. The van der Waals surface area contributed by atoms with Crippen LogP contribution in [-0.4, -0.2) is 30.2 Å². The lowest BCUT2D eigenvalue weighted by molar-refractivity contribution is -0.143. The smallest absolute Gasteiger partial charge is 0.326 e. The van der Waals surface area contributed by atoms with Crippen molar-refractivity contribution in [1.29, 1.82) is 0 Å². The summed E-state index contributed by atoms with van der Waals surface area (Å²) in [5.41, 5.74) is 2.40. The molecule has 0 radical (unpaired) electrons. The molecule has 0 aliphatic rings. The van der Waals surface area contributed by atoms with Gasteiger partial charge in [-0.2, -0.15) is 4.99 Å². The lowest BCUT2D eigenvalue weighted by Crippen LogP contribution is -2.23. The van der Waals surface area contributed by atoms with E-state index < -0.39 is 5.91 Å². The minimum atomic E-state index is -0.421. The van der Waals surface area contributed by atoms with Gasteiger partial charge in [-0.05, 0) is 42.7 Å². The number of benzene rings is 2. The number of rotatable bonds is 6. The van der Waals surface area contributed by atoms with Crippen LogP contribution in [0.1, 0.15) is 42.6 Å². The number of hydrogen-bond acceptors (Lipinski definition) is 5. The van der Waals surface area contributed by atoms with Crippen molar-refractivity contribution in [2.24, 2.45) is 4.99 Å². The molecule has 0 fully saturated rings. The van der Waals surface area contributed by atoms with Crippen molar-refractivity contribution in [1.82, 2.24) is 4.57 Å². The SMILES string of the molecule is CCOC(=O)Cn1c(=NC(=O)c2ccccc2OC)sc2cc(C(C)C)ccc21. The van der Waals surface area contributed by atoms with Gasteiger partial charge in [-0.1, -0.05) is 43.4 Å². The van der Waals surface area contributed by atoms with E-state index in [0.717, 1.165) is 10.2 Å². The number of amides is 1. The maximum absolute atomic E-state index is 12.8. The molecule has 1 aromatic heterocycles. The van der Waals surface area contributed by atoms with Crippen molar-refractivity contribution < 1.29 is 19.1 Å². The summed E-state index contributed by atoms with van der Waals surface area (Å²) in [6.45, 7) is 6.30. The van der Waals surface area contributed by atoms with Crippen LogP contribution in [-0.2, 0) is 16.1 Å². The number of thiazole rings is 1. The zero-order chi connectivity index (χ0) is 21.0. The molecule has 7 heteroatoms. The van der Waals surface area contributed by atoms with Crippen molar-refractivity contribution in [3.8, 4) is 5.75 Å². The lowest BCUT2D eigenvalue weighted by atomic mass is 10.0. The van der Waals surface area contributed by atoms with Crippen LogP contribution in [0.25, 0.3) is 10.2 Å². The first-order valence-electron chi connectivity index (χ1n) is 9.45. The van der Waals surface area contributed by atoms with Gasteiger partial charge in [0, 0.05) is 0 Å². The van der Waals surface area contributed by atoms with E-state index in [0.29, 0.717) is 28.6 Å². The molecule has 0 N–H and O–H groups in total. The number of esters is 1. The Kier molecular flexibility index (Phi) is 6.49. The molecule has 152 valence electrons. The first-order valence-corrected chi connectivity index (χ1v) is 10.3. The third-order valence-electron chi connectivity index (χ3n) is 4.50. The number of carbonyl (C=O) groups is 2. The Balaban J connectivity index is 2.14. The van der Waals surface area contributed by atoms with Crippen LogP contribution in [0.15, 0.2) is 47.5 Å². The van der Waals surface area contributed by atoms with Gasteiger partial charge in [-0.25, -0.2) is 0 Å². The zero-order valence-corrected chi connectivity index (χ0v) is 17.8.